The number of hydrogen-bond acceptors (Lipinski definition) is 4. The van der Waals surface area contributed by atoms with Crippen LogP contribution in [0.25, 0.3) is 98.8 Å². The van der Waals surface area contributed by atoms with Crippen molar-refractivity contribution in [2.24, 2.45) is 0 Å². The summed E-state index contributed by atoms with van der Waals surface area (Å²) in [5.41, 5.74) is 21.7. The highest BCUT2D eigenvalue weighted by atomic mass is 15.2. The molecule has 24 aromatic rings. The molecule has 2 aliphatic carbocycles. The van der Waals surface area contributed by atoms with E-state index in [1.54, 1.807) is 0 Å². The minimum atomic E-state index is -1.55. The molecule has 2 aromatic heterocycles. The number of fused-ring (bicyclic) bond motifs is 14. The van der Waals surface area contributed by atoms with Gasteiger partial charge in [0.25, 0.3) is 0 Å². The Kier molecular flexibility index (Phi) is 16.5. The van der Waals surface area contributed by atoms with Crippen LogP contribution in [0.5, 0.6) is 0 Å². The van der Waals surface area contributed by atoms with Crippen LogP contribution in [-0.4, -0.2) is 9.13 Å². The van der Waals surface area contributed by atoms with Gasteiger partial charge >= 0.3 is 0 Å². The summed E-state index contributed by atoms with van der Waals surface area (Å²) in [5.74, 6) is 0. The molecule has 0 amide bonds. The van der Waals surface area contributed by atoms with Gasteiger partial charge in [0, 0.05) is 101 Å². The van der Waals surface area contributed by atoms with Gasteiger partial charge in [-0.2, -0.15) is 0 Å². The third-order valence-electron chi connectivity index (χ3n) is 26.8. The first kappa shape index (κ1) is 66.5. The lowest BCUT2D eigenvalue weighted by Gasteiger charge is -2.35. The number of rotatable bonds is 18. The molecule has 6 heteroatoms. The number of hydrogen-bond donors (Lipinski definition) is 0. The predicted octanol–water partition coefficient (Wildman–Crippen LogP) is 34.5. The van der Waals surface area contributed by atoms with Crippen molar-refractivity contribution in [3.63, 3.8) is 0 Å². The molecular weight excluding hydrogens is 1650 g/mol. The molecule has 22 aromatic carbocycles. The SMILES string of the molecule is [2H]c1c([2H])c([2H])c2c([2H])c(C3(c4ccc5c6ccccc6n(-c6ccccc6)c5c4)c4ccc(N(c5ccccc5)c5ccccc5)cc4-c4cc(N(c5ccccc5)c5ccccc5)ccc43)c([2H])c([2H])c2c1[2H].[2H]c1c([2H])c([2H])c2c([2H])c(C3(c4cccc5c6ccccc6n(-c6ccccc6)c45)c4ccc(N(c5ccccc5)c5ccccc5)cc4-c4cc(N(c5ccccc5)c5ccccc5)ccc43)c([2H])c([2H])c2c1[2H]. The summed E-state index contributed by atoms with van der Waals surface area (Å²) in [4.78, 5) is 8.87. The average Bonchev–Trinajstić information content (AvgIpc) is 1.49. The molecule has 0 N–H and O–H groups in total. The first-order valence-corrected chi connectivity index (χ1v) is 45.7. The lowest BCUT2D eigenvalue weighted by molar-refractivity contribution is 0.771. The Morgan fingerprint density at radius 2 is 0.471 bits per heavy atom. The summed E-state index contributed by atoms with van der Waals surface area (Å²) in [7, 11) is 0. The van der Waals surface area contributed by atoms with Crippen LogP contribution >= 0.6 is 0 Å². The van der Waals surface area contributed by atoms with E-state index < -0.39 is 59.2 Å². The molecule has 0 aliphatic heterocycles. The standard InChI is InChI=1S/2C65H45N3/c1-6-23-49(24-7-1)66(50-25-8-2-9-26-50)54-39-41-60-58(44-54)59-45-55(67(51-27-10-3-11-28-51)52-29-12-4-13-30-52)40-42-61(59)65(60,48-38-37-46-21-16-17-22-47(46)43-48)62-35-20-34-57-56-33-18-19-36-63(56)68(64(57)62)53-31-14-5-15-32-53;1-6-22-50(23-7-1)66(51-24-8-2-9-25-51)55-37-40-61-59(44-55)60-45-56(67(52-26-10-3-11-27-52)53-28-12-4-13-29-53)38-41-62(60)65(61,48-35-34-46-20-16-17-21-47(46)42-48)49-36-39-58-57-32-18-19-33-63(57)68(64(58)43-49)54-30-14-5-15-31-54/h2*1-45H/i16D,17D,21D,22D,37D,38D,43D;16D,17D,20D,21D,34D,35D,42D. The van der Waals surface area contributed by atoms with Gasteiger partial charge in [-0.25, -0.2) is 0 Å². The van der Waals surface area contributed by atoms with Gasteiger partial charge in [-0.05, 0) is 288 Å². The molecule has 26 rings (SSSR count). The van der Waals surface area contributed by atoms with E-state index in [0.29, 0.717) is 0 Å². The Hall–Kier alpha value is -17.8. The van der Waals surface area contributed by atoms with Gasteiger partial charge in [0.2, 0.25) is 0 Å². The third-order valence-corrected chi connectivity index (χ3v) is 26.8. The van der Waals surface area contributed by atoms with Crippen molar-refractivity contribution in [1.29, 1.82) is 0 Å². The molecule has 0 atom stereocenters. The molecule has 2 heterocycles. The second-order valence-electron chi connectivity index (χ2n) is 34.3. The van der Waals surface area contributed by atoms with Crippen LogP contribution in [0.15, 0.2) is 546 Å². The maximum atomic E-state index is 10.5. The van der Waals surface area contributed by atoms with Crippen LogP contribution < -0.4 is 19.6 Å². The van der Waals surface area contributed by atoms with Crippen LogP contribution in [0.1, 0.15) is 63.7 Å². The van der Waals surface area contributed by atoms with E-state index in [-0.39, 0.29) is 68.9 Å². The van der Waals surface area contributed by atoms with E-state index >= 15 is 0 Å². The van der Waals surface area contributed by atoms with E-state index in [2.05, 4.69) is 277 Å². The van der Waals surface area contributed by atoms with Gasteiger partial charge in [-0.3, -0.25) is 0 Å². The van der Waals surface area contributed by atoms with Crippen LogP contribution in [0, 0.1) is 0 Å². The van der Waals surface area contributed by atoms with Crippen LogP contribution in [0.2, 0.25) is 0 Å². The van der Waals surface area contributed by atoms with Crippen LogP contribution in [-0.2, 0) is 10.8 Å². The van der Waals surface area contributed by atoms with Crippen molar-refractivity contribution in [1.82, 2.24) is 9.13 Å². The summed E-state index contributed by atoms with van der Waals surface area (Å²) >= 11 is 0. The Bertz CT molecular complexity index is 9090. The van der Waals surface area contributed by atoms with Gasteiger partial charge in [-0.15, -0.1) is 0 Å². The second-order valence-corrected chi connectivity index (χ2v) is 34.3. The highest BCUT2D eigenvalue weighted by Gasteiger charge is 2.50. The minimum absolute atomic E-state index is 0.0993. The molecule has 136 heavy (non-hydrogen) atoms. The van der Waals surface area contributed by atoms with Crippen molar-refractivity contribution in [3.8, 4) is 33.6 Å². The third kappa shape index (κ3) is 13.4. The highest BCUT2D eigenvalue weighted by Crippen LogP contribution is 2.63. The van der Waals surface area contributed by atoms with Gasteiger partial charge in [0.15, 0.2) is 0 Å². The largest absolute Gasteiger partial charge is 0.310 e. The first-order valence-electron chi connectivity index (χ1n) is 52.7. The molecule has 0 spiro atoms. The monoisotopic (exact) mass is 1750 g/mol. The zero-order chi connectivity index (χ0) is 102. The maximum Gasteiger partial charge on any atom is 0.0734 e. The van der Waals surface area contributed by atoms with E-state index in [0.717, 1.165) is 179 Å². The Balaban J connectivity index is 0.000000155. The zero-order valence-electron chi connectivity index (χ0n) is 87.6. The molecule has 0 saturated carbocycles. The first-order chi connectivity index (χ1) is 73.3. The van der Waals surface area contributed by atoms with Crippen molar-refractivity contribution in [2.75, 3.05) is 19.6 Å². The molecule has 0 bridgehead atoms. The summed E-state index contributed by atoms with van der Waals surface area (Å²) < 4.78 is 138. The number of nitrogens with zero attached hydrogens (tertiary/aromatic N) is 6. The molecule has 0 unspecified atom stereocenters. The van der Waals surface area contributed by atoms with Crippen molar-refractivity contribution < 1.29 is 19.2 Å². The maximum absolute atomic E-state index is 10.5. The Morgan fingerprint density at radius 1 is 0.184 bits per heavy atom. The summed E-state index contributed by atoms with van der Waals surface area (Å²) in [6, 6.07) is 151. The quantitative estimate of drug-likeness (QED) is 0.0854. The fourth-order valence-corrected chi connectivity index (χ4v) is 21.2. The van der Waals surface area contributed by atoms with Crippen molar-refractivity contribution in [2.45, 2.75) is 10.8 Å². The zero-order valence-corrected chi connectivity index (χ0v) is 73.6. The van der Waals surface area contributed by atoms with Gasteiger partial charge in [-0.1, -0.05) is 345 Å². The Morgan fingerprint density at radius 3 is 0.838 bits per heavy atom. The van der Waals surface area contributed by atoms with Gasteiger partial charge < -0.3 is 28.7 Å². The molecular formula is C130H90N6. The number of para-hydroxylation sites is 13. The lowest BCUT2D eigenvalue weighted by Crippen LogP contribution is -2.29. The Labute approximate surface area is 811 Å². The molecule has 0 radical (unpaired) electrons. The van der Waals surface area contributed by atoms with Gasteiger partial charge in [0.05, 0.1) is 52.1 Å². The molecule has 0 fully saturated rings. The average molecular weight is 1750 g/mol. The van der Waals surface area contributed by atoms with E-state index in [4.69, 9.17) is 8.22 Å². The smallest absolute Gasteiger partial charge is 0.0734 e. The summed E-state index contributed by atoms with van der Waals surface area (Å²) in [6.45, 7) is 0. The van der Waals surface area contributed by atoms with Gasteiger partial charge in [0.1, 0.15) is 0 Å². The highest BCUT2D eigenvalue weighted by molar-refractivity contribution is 6.13. The summed E-state index contributed by atoms with van der Waals surface area (Å²) in [5, 5.41) is 3.50. The minimum Gasteiger partial charge on any atom is -0.310 e. The molecule has 640 valence electrons. The molecule has 2 aliphatic rings. The van der Waals surface area contributed by atoms with Crippen LogP contribution in [0.4, 0.5) is 68.2 Å². The van der Waals surface area contributed by atoms with E-state index in [9.17, 15) is 11.0 Å². The van der Waals surface area contributed by atoms with E-state index in [1.807, 2.05) is 212 Å². The van der Waals surface area contributed by atoms with Crippen molar-refractivity contribution in [3.05, 3.63) is 590 Å². The topological polar surface area (TPSA) is 22.8 Å². The summed E-state index contributed by atoms with van der Waals surface area (Å²) in [6.07, 6.45) is 0. The number of aromatic nitrogens is 2. The lowest BCUT2D eigenvalue weighted by atomic mass is 9.67. The number of anilines is 12. The second kappa shape index (κ2) is 33.8. The normalized spacial score (nSPS) is 14.0. The predicted molar refractivity (Wildman–Crippen MR) is 570 cm³/mol. The molecule has 6 nitrogen and oxygen atoms in total. The molecule has 0 saturated heterocycles. The fraction of sp³-hybridized carbons (Fsp3) is 0.0154. The number of benzene rings is 22. The van der Waals surface area contributed by atoms with Crippen LogP contribution in [0.3, 0.4) is 0 Å². The van der Waals surface area contributed by atoms with E-state index in [1.165, 1.54) is 0 Å². The van der Waals surface area contributed by atoms with Crippen molar-refractivity contribution >= 4 is 133 Å². The fourth-order valence-electron chi connectivity index (χ4n) is 21.2.